The van der Waals surface area contributed by atoms with Gasteiger partial charge < -0.3 is 14.8 Å². The Kier molecular flexibility index (Phi) is 8.21. The number of amides is 2. The number of hydrogen-bond acceptors (Lipinski definition) is 5. The van der Waals surface area contributed by atoms with E-state index in [1.165, 1.54) is 5.56 Å². The van der Waals surface area contributed by atoms with Gasteiger partial charge in [0.05, 0.1) is 13.5 Å². The van der Waals surface area contributed by atoms with E-state index in [-0.39, 0.29) is 18.9 Å². The summed E-state index contributed by atoms with van der Waals surface area (Å²) in [5.41, 5.74) is 5.50. The molecule has 0 fully saturated rings. The van der Waals surface area contributed by atoms with E-state index in [2.05, 4.69) is 29.7 Å². The Labute approximate surface area is 171 Å². The topological polar surface area (TPSA) is 89.0 Å². The number of hydrazone groups is 1. The summed E-state index contributed by atoms with van der Waals surface area (Å²) in [4.78, 5) is 23.8. The molecule has 154 valence electrons. The number of nitrogens with zero attached hydrogens (tertiary/aromatic N) is 1. The third kappa shape index (κ3) is 7.65. The lowest BCUT2D eigenvalue weighted by atomic mass is 10.0. The first-order chi connectivity index (χ1) is 13.9. The Balaban J connectivity index is 1.74. The molecule has 0 aliphatic carbocycles. The molecule has 2 aromatic rings. The monoisotopic (exact) mass is 397 g/mol. The van der Waals surface area contributed by atoms with Gasteiger partial charge in [-0.15, -0.1) is 0 Å². The van der Waals surface area contributed by atoms with Crippen LogP contribution >= 0.6 is 0 Å². The quantitative estimate of drug-likeness (QED) is 0.509. The van der Waals surface area contributed by atoms with Crippen molar-refractivity contribution in [1.29, 1.82) is 0 Å². The van der Waals surface area contributed by atoms with Crippen molar-refractivity contribution < 1.29 is 19.1 Å². The van der Waals surface area contributed by atoms with Crippen LogP contribution in [0.4, 0.5) is 10.5 Å². The summed E-state index contributed by atoms with van der Waals surface area (Å²) >= 11 is 0. The number of ether oxygens (including phenoxy) is 2. The standard InChI is InChI=1S/C22H27N3O4/c1-15(2)18-7-9-19(10-8-18)23-21(26)13-16(3)24-25-22(27)29-14-17-5-11-20(28-4)12-6-17/h5-12,15H,13-14H2,1-4H3,(H,23,26)(H,25,27)/b24-16+. The molecule has 0 heterocycles. The SMILES string of the molecule is COc1ccc(COC(=O)N/N=C(\C)CC(=O)Nc2ccc(C(C)C)cc2)cc1. The molecule has 0 unspecified atom stereocenters. The maximum absolute atomic E-state index is 12.1. The van der Waals surface area contributed by atoms with Crippen LogP contribution in [-0.4, -0.2) is 24.8 Å². The normalized spacial score (nSPS) is 11.1. The van der Waals surface area contributed by atoms with E-state index in [9.17, 15) is 9.59 Å². The Morgan fingerprint density at radius 2 is 1.69 bits per heavy atom. The summed E-state index contributed by atoms with van der Waals surface area (Å²) in [5, 5.41) is 6.70. The molecule has 0 atom stereocenters. The highest BCUT2D eigenvalue weighted by Gasteiger charge is 2.07. The van der Waals surface area contributed by atoms with Crippen molar-refractivity contribution >= 4 is 23.4 Å². The van der Waals surface area contributed by atoms with Crippen molar-refractivity contribution in [2.45, 2.75) is 39.7 Å². The van der Waals surface area contributed by atoms with Crippen molar-refractivity contribution in [3.8, 4) is 5.75 Å². The molecule has 2 aromatic carbocycles. The minimum absolute atomic E-state index is 0.0602. The number of methoxy groups -OCH3 is 1. The van der Waals surface area contributed by atoms with Crippen molar-refractivity contribution in [3.05, 3.63) is 59.7 Å². The molecule has 0 radical (unpaired) electrons. The van der Waals surface area contributed by atoms with E-state index in [1.807, 2.05) is 24.3 Å². The number of benzene rings is 2. The third-order valence-corrected chi connectivity index (χ3v) is 4.14. The summed E-state index contributed by atoms with van der Waals surface area (Å²) < 4.78 is 10.2. The van der Waals surface area contributed by atoms with Crippen LogP contribution in [0, 0.1) is 0 Å². The molecule has 2 amide bonds. The number of carbonyl (C=O) groups is 2. The van der Waals surface area contributed by atoms with Gasteiger partial charge in [-0.2, -0.15) is 5.10 Å². The fourth-order valence-corrected chi connectivity index (χ4v) is 2.47. The summed E-state index contributed by atoms with van der Waals surface area (Å²) in [5.74, 6) is 0.953. The van der Waals surface area contributed by atoms with Crippen molar-refractivity contribution in [2.75, 3.05) is 12.4 Å². The van der Waals surface area contributed by atoms with E-state index in [0.717, 1.165) is 17.0 Å². The number of nitrogens with one attached hydrogen (secondary N) is 2. The third-order valence-electron chi connectivity index (χ3n) is 4.14. The maximum Gasteiger partial charge on any atom is 0.428 e. The highest BCUT2D eigenvalue weighted by Crippen LogP contribution is 2.17. The van der Waals surface area contributed by atoms with E-state index in [1.54, 1.807) is 38.3 Å². The molecule has 7 nitrogen and oxygen atoms in total. The lowest BCUT2D eigenvalue weighted by Gasteiger charge is -2.09. The zero-order chi connectivity index (χ0) is 21.2. The second-order valence-electron chi connectivity index (χ2n) is 6.88. The summed E-state index contributed by atoms with van der Waals surface area (Å²) in [6.07, 6.45) is -0.630. The lowest BCUT2D eigenvalue weighted by Crippen LogP contribution is -2.22. The van der Waals surface area contributed by atoms with Crippen molar-refractivity contribution in [3.63, 3.8) is 0 Å². The van der Waals surface area contributed by atoms with Gasteiger partial charge in [0.1, 0.15) is 12.4 Å². The van der Waals surface area contributed by atoms with Gasteiger partial charge in [0, 0.05) is 11.4 Å². The molecule has 0 saturated carbocycles. The molecular formula is C22H27N3O4. The first-order valence-corrected chi connectivity index (χ1v) is 9.36. The minimum Gasteiger partial charge on any atom is -0.497 e. The molecule has 0 spiro atoms. The Hall–Kier alpha value is -3.35. The van der Waals surface area contributed by atoms with Gasteiger partial charge in [-0.3, -0.25) is 4.79 Å². The second kappa shape index (κ2) is 10.8. The van der Waals surface area contributed by atoms with Gasteiger partial charge in [0.15, 0.2) is 0 Å². The van der Waals surface area contributed by atoms with Crippen LogP contribution in [0.15, 0.2) is 53.6 Å². The van der Waals surface area contributed by atoms with Crippen LogP contribution in [0.3, 0.4) is 0 Å². The Morgan fingerprint density at radius 1 is 1.03 bits per heavy atom. The molecule has 0 bridgehead atoms. The average Bonchev–Trinajstić information content (AvgIpc) is 2.71. The summed E-state index contributed by atoms with van der Waals surface area (Å²) in [6, 6.07) is 14.9. The minimum atomic E-state index is -0.690. The van der Waals surface area contributed by atoms with Gasteiger partial charge in [-0.1, -0.05) is 38.1 Å². The molecule has 2 rings (SSSR count). The fourth-order valence-electron chi connectivity index (χ4n) is 2.47. The molecule has 0 aliphatic rings. The number of hydrogen-bond donors (Lipinski definition) is 2. The van der Waals surface area contributed by atoms with Crippen molar-refractivity contribution in [2.24, 2.45) is 5.10 Å². The molecule has 0 saturated heterocycles. The molecule has 0 aromatic heterocycles. The van der Waals surface area contributed by atoms with Crippen LogP contribution < -0.4 is 15.5 Å². The smallest absolute Gasteiger partial charge is 0.428 e. The highest BCUT2D eigenvalue weighted by atomic mass is 16.6. The first kappa shape index (κ1) is 21.9. The molecule has 29 heavy (non-hydrogen) atoms. The van der Waals surface area contributed by atoms with E-state index >= 15 is 0 Å². The van der Waals surface area contributed by atoms with E-state index < -0.39 is 6.09 Å². The van der Waals surface area contributed by atoms with Gasteiger partial charge >= 0.3 is 6.09 Å². The fraction of sp³-hybridized carbons (Fsp3) is 0.318. The predicted molar refractivity (Wildman–Crippen MR) is 113 cm³/mol. The molecule has 7 heteroatoms. The van der Waals surface area contributed by atoms with Crippen molar-refractivity contribution in [1.82, 2.24) is 5.43 Å². The summed E-state index contributed by atoms with van der Waals surface area (Å²) in [7, 11) is 1.59. The molecule has 0 aliphatic heterocycles. The number of anilines is 1. The molecule has 2 N–H and O–H groups in total. The van der Waals surface area contributed by atoms with Gasteiger partial charge in [0.25, 0.3) is 0 Å². The lowest BCUT2D eigenvalue weighted by molar-refractivity contribution is -0.115. The van der Waals surface area contributed by atoms with Crippen LogP contribution in [0.2, 0.25) is 0 Å². The largest absolute Gasteiger partial charge is 0.497 e. The van der Waals surface area contributed by atoms with Gasteiger partial charge in [-0.05, 0) is 48.2 Å². The van der Waals surface area contributed by atoms with E-state index in [0.29, 0.717) is 11.6 Å². The maximum atomic E-state index is 12.1. The van der Waals surface area contributed by atoms with Gasteiger partial charge in [0.2, 0.25) is 5.91 Å². The average molecular weight is 397 g/mol. The summed E-state index contributed by atoms with van der Waals surface area (Å²) in [6.45, 7) is 5.99. The number of carbonyl (C=O) groups excluding carboxylic acids is 2. The second-order valence-corrected chi connectivity index (χ2v) is 6.88. The van der Waals surface area contributed by atoms with Crippen LogP contribution in [0.1, 0.15) is 44.2 Å². The zero-order valence-corrected chi connectivity index (χ0v) is 17.2. The van der Waals surface area contributed by atoms with E-state index in [4.69, 9.17) is 9.47 Å². The predicted octanol–water partition coefficient (Wildman–Crippen LogP) is 4.45. The first-order valence-electron chi connectivity index (χ1n) is 9.36. The Bertz CT molecular complexity index is 843. The highest BCUT2D eigenvalue weighted by molar-refractivity contribution is 6.05. The van der Waals surface area contributed by atoms with Crippen LogP contribution in [0.25, 0.3) is 0 Å². The van der Waals surface area contributed by atoms with Crippen LogP contribution in [0.5, 0.6) is 5.75 Å². The Morgan fingerprint density at radius 3 is 2.28 bits per heavy atom. The van der Waals surface area contributed by atoms with Gasteiger partial charge in [-0.25, -0.2) is 10.2 Å². The molecular weight excluding hydrogens is 370 g/mol. The van der Waals surface area contributed by atoms with Crippen LogP contribution in [-0.2, 0) is 16.1 Å². The number of rotatable bonds is 8. The zero-order valence-electron chi connectivity index (χ0n) is 17.2.